The van der Waals surface area contributed by atoms with Crippen LogP contribution in [0.3, 0.4) is 0 Å². The van der Waals surface area contributed by atoms with Crippen molar-refractivity contribution in [3.63, 3.8) is 0 Å². The molecule has 0 radical (unpaired) electrons. The Morgan fingerprint density at radius 1 is 1.36 bits per heavy atom. The number of esters is 1. The fourth-order valence-electron chi connectivity index (χ4n) is 3.72. The maximum absolute atomic E-state index is 11.1. The molecule has 0 spiro atoms. The molecule has 2 bridgehead atoms. The molecular formula is C12H20O2. The maximum Gasteiger partial charge on any atom is 0.302 e. The summed E-state index contributed by atoms with van der Waals surface area (Å²) in [6.07, 6.45) is 3.89. The van der Waals surface area contributed by atoms with Crippen LogP contribution in [-0.2, 0) is 9.53 Å². The molecule has 2 aliphatic rings. The highest BCUT2D eigenvalue weighted by Crippen LogP contribution is 2.63. The fraction of sp³-hybridized carbons (Fsp3) is 0.917. The average molecular weight is 196 g/mol. The number of carbonyl (C=O) groups is 1. The predicted octanol–water partition coefficient (Wildman–Crippen LogP) is 2.76. The van der Waals surface area contributed by atoms with E-state index in [-0.39, 0.29) is 22.9 Å². The number of hydrogen-bond donors (Lipinski definition) is 0. The highest BCUT2D eigenvalue weighted by atomic mass is 16.5. The first-order valence-corrected chi connectivity index (χ1v) is 5.53. The van der Waals surface area contributed by atoms with Crippen molar-refractivity contribution in [2.24, 2.45) is 16.7 Å². The van der Waals surface area contributed by atoms with Crippen molar-refractivity contribution in [2.45, 2.75) is 53.1 Å². The van der Waals surface area contributed by atoms with Gasteiger partial charge < -0.3 is 4.74 Å². The molecule has 0 aliphatic heterocycles. The highest BCUT2D eigenvalue weighted by molar-refractivity contribution is 5.66. The molecule has 2 aliphatic carbocycles. The van der Waals surface area contributed by atoms with E-state index in [1.54, 1.807) is 0 Å². The van der Waals surface area contributed by atoms with Crippen LogP contribution in [0.4, 0.5) is 0 Å². The van der Waals surface area contributed by atoms with E-state index in [0.717, 1.165) is 5.92 Å². The van der Waals surface area contributed by atoms with Crippen molar-refractivity contribution in [3.05, 3.63) is 0 Å². The molecule has 2 fully saturated rings. The molecule has 0 aromatic carbocycles. The van der Waals surface area contributed by atoms with Crippen molar-refractivity contribution < 1.29 is 9.53 Å². The van der Waals surface area contributed by atoms with Gasteiger partial charge >= 0.3 is 5.97 Å². The lowest BCUT2D eigenvalue weighted by Crippen LogP contribution is -2.43. The number of fused-ring (bicyclic) bond motifs is 2. The van der Waals surface area contributed by atoms with Crippen LogP contribution in [-0.4, -0.2) is 12.1 Å². The lowest BCUT2D eigenvalue weighted by molar-refractivity contribution is -0.161. The largest absolute Gasteiger partial charge is 0.461 e. The van der Waals surface area contributed by atoms with Gasteiger partial charge in [-0.25, -0.2) is 0 Å². The first-order valence-electron chi connectivity index (χ1n) is 5.53. The summed E-state index contributed by atoms with van der Waals surface area (Å²) in [5.74, 6) is 0.619. The molecule has 1 unspecified atom stereocenters. The molecule has 3 atom stereocenters. The second-order valence-electron chi connectivity index (χ2n) is 5.90. The summed E-state index contributed by atoms with van der Waals surface area (Å²) in [6.45, 7) is 8.28. The van der Waals surface area contributed by atoms with Gasteiger partial charge in [-0.2, -0.15) is 0 Å². The minimum absolute atomic E-state index is 0.128. The third-order valence-electron chi connectivity index (χ3n) is 4.42. The molecule has 0 aromatic rings. The highest BCUT2D eigenvalue weighted by Gasteiger charge is 2.61. The number of carbonyl (C=O) groups excluding carboxylic acids is 1. The summed E-state index contributed by atoms with van der Waals surface area (Å²) in [5, 5.41) is 0. The SMILES string of the molecule is CC(=O)OC1C(C)(C)[C@H]2CC[C@@]1(C)C2. The number of ether oxygens (including phenoxy) is 1. The third kappa shape index (κ3) is 1.19. The van der Waals surface area contributed by atoms with Crippen molar-refractivity contribution >= 4 is 5.97 Å². The maximum atomic E-state index is 11.1. The Kier molecular flexibility index (Phi) is 1.96. The quantitative estimate of drug-likeness (QED) is 0.603. The van der Waals surface area contributed by atoms with Gasteiger partial charge in [-0.3, -0.25) is 4.79 Å². The number of rotatable bonds is 1. The molecule has 0 heterocycles. The lowest BCUT2D eigenvalue weighted by Gasteiger charge is -2.41. The zero-order valence-corrected chi connectivity index (χ0v) is 9.59. The minimum Gasteiger partial charge on any atom is -0.461 e. The summed E-state index contributed by atoms with van der Waals surface area (Å²) in [5.41, 5.74) is 0.429. The Morgan fingerprint density at radius 3 is 2.43 bits per heavy atom. The molecule has 80 valence electrons. The Bertz CT molecular complexity index is 265. The van der Waals surface area contributed by atoms with E-state index >= 15 is 0 Å². The smallest absolute Gasteiger partial charge is 0.302 e. The first kappa shape index (κ1) is 10.0. The normalized spacial score (nSPS) is 44.0. The van der Waals surface area contributed by atoms with Gasteiger partial charge in [-0.15, -0.1) is 0 Å². The summed E-state index contributed by atoms with van der Waals surface area (Å²) >= 11 is 0. The average Bonchev–Trinajstić information content (AvgIpc) is 2.49. The lowest BCUT2D eigenvalue weighted by atomic mass is 9.70. The van der Waals surface area contributed by atoms with E-state index in [9.17, 15) is 4.79 Å². The van der Waals surface area contributed by atoms with E-state index in [0.29, 0.717) is 0 Å². The van der Waals surface area contributed by atoms with Crippen molar-refractivity contribution in [2.75, 3.05) is 0 Å². The van der Waals surface area contributed by atoms with E-state index in [4.69, 9.17) is 4.74 Å². The predicted molar refractivity (Wildman–Crippen MR) is 54.8 cm³/mol. The van der Waals surface area contributed by atoms with Gasteiger partial charge in [0.05, 0.1) is 0 Å². The van der Waals surface area contributed by atoms with E-state index < -0.39 is 0 Å². The van der Waals surface area contributed by atoms with Crippen LogP contribution in [0.2, 0.25) is 0 Å². The van der Waals surface area contributed by atoms with Crippen LogP contribution in [0.25, 0.3) is 0 Å². The summed E-state index contributed by atoms with van der Waals surface area (Å²) < 4.78 is 5.52. The molecule has 0 N–H and O–H groups in total. The Balaban J connectivity index is 2.25. The number of hydrogen-bond acceptors (Lipinski definition) is 2. The van der Waals surface area contributed by atoms with Gasteiger partial charge in [-0.1, -0.05) is 20.8 Å². The van der Waals surface area contributed by atoms with Gasteiger partial charge in [-0.05, 0) is 25.2 Å². The van der Waals surface area contributed by atoms with Gasteiger partial charge in [0.15, 0.2) is 0 Å². The second-order valence-corrected chi connectivity index (χ2v) is 5.90. The van der Waals surface area contributed by atoms with E-state index in [1.807, 2.05) is 0 Å². The molecule has 2 nitrogen and oxygen atoms in total. The summed E-state index contributed by atoms with van der Waals surface area (Å²) in [6, 6.07) is 0. The van der Waals surface area contributed by atoms with Crippen molar-refractivity contribution in [1.29, 1.82) is 0 Å². The fourth-order valence-corrected chi connectivity index (χ4v) is 3.72. The molecule has 2 heteroatoms. The van der Waals surface area contributed by atoms with Crippen LogP contribution in [0, 0.1) is 16.7 Å². The van der Waals surface area contributed by atoms with E-state index in [2.05, 4.69) is 20.8 Å². The Hall–Kier alpha value is -0.530. The van der Waals surface area contributed by atoms with Crippen molar-refractivity contribution in [3.8, 4) is 0 Å². The van der Waals surface area contributed by atoms with Gasteiger partial charge in [0.1, 0.15) is 6.10 Å². The van der Waals surface area contributed by atoms with Crippen molar-refractivity contribution in [1.82, 2.24) is 0 Å². The molecule has 2 rings (SSSR count). The summed E-state index contributed by atoms with van der Waals surface area (Å²) in [7, 11) is 0. The monoisotopic (exact) mass is 196 g/mol. The molecule has 2 saturated carbocycles. The molecule has 0 amide bonds. The van der Waals surface area contributed by atoms with Crippen LogP contribution in [0.15, 0.2) is 0 Å². The topological polar surface area (TPSA) is 26.3 Å². The van der Waals surface area contributed by atoms with E-state index in [1.165, 1.54) is 26.2 Å². The Morgan fingerprint density at radius 2 is 2.00 bits per heavy atom. The molecule has 14 heavy (non-hydrogen) atoms. The van der Waals surface area contributed by atoms with Gasteiger partial charge in [0, 0.05) is 17.8 Å². The molecular weight excluding hydrogens is 176 g/mol. The first-order chi connectivity index (χ1) is 6.36. The zero-order valence-electron chi connectivity index (χ0n) is 9.59. The Labute approximate surface area is 86.0 Å². The van der Waals surface area contributed by atoms with Crippen LogP contribution in [0.1, 0.15) is 47.0 Å². The minimum atomic E-state index is -0.128. The zero-order chi connectivity index (χ0) is 10.6. The van der Waals surface area contributed by atoms with Crippen LogP contribution >= 0.6 is 0 Å². The second kappa shape index (κ2) is 2.74. The summed E-state index contributed by atoms with van der Waals surface area (Å²) in [4.78, 5) is 11.1. The molecule has 0 saturated heterocycles. The third-order valence-corrected chi connectivity index (χ3v) is 4.42. The standard InChI is InChI=1S/C12H20O2/c1-8(13)14-10-11(2,3)9-5-6-12(10,4)7-9/h9-10H,5-7H2,1-4H3/t9-,10?,12-/m0/s1. The van der Waals surface area contributed by atoms with Gasteiger partial charge in [0.25, 0.3) is 0 Å². The van der Waals surface area contributed by atoms with Gasteiger partial charge in [0.2, 0.25) is 0 Å². The van der Waals surface area contributed by atoms with Crippen LogP contribution < -0.4 is 0 Å². The molecule has 0 aromatic heterocycles. The van der Waals surface area contributed by atoms with Crippen LogP contribution in [0.5, 0.6) is 0 Å².